The molecular weight excluding hydrogens is 520 g/mol. The first-order valence-electron chi connectivity index (χ1n) is 11.9. The molecule has 0 saturated heterocycles. The fourth-order valence-electron chi connectivity index (χ4n) is 3.64. The van der Waals surface area contributed by atoms with Crippen molar-refractivity contribution >= 4 is 39.5 Å². The highest BCUT2D eigenvalue weighted by atomic mass is 79.9. The molecule has 0 spiro atoms. The topological polar surface area (TPSA) is 49.4 Å². The zero-order valence-electron chi connectivity index (χ0n) is 20.5. The van der Waals surface area contributed by atoms with Crippen LogP contribution >= 0.6 is 27.7 Å². The van der Waals surface area contributed by atoms with Gasteiger partial charge in [-0.05, 0) is 55.7 Å². The smallest absolute Gasteiger partial charge is 0.243 e. The van der Waals surface area contributed by atoms with Crippen molar-refractivity contribution in [2.24, 2.45) is 0 Å². The minimum Gasteiger partial charge on any atom is -0.352 e. The maximum absolute atomic E-state index is 13.7. The maximum atomic E-state index is 13.7. The third kappa shape index (κ3) is 8.55. The number of nitrogens with zero attached hydrogens (tertiary/aromatic N) is 1. The summed E-state index contributed by atoms with van der Waals surface area (Å²) in [6.45, 7) is 6.45. The number of thioether (sulfide) groups is 1. The number of amides is 2. The Morgan fingerprint density at radius 3 is 2.23 bits per heavy atom. The number of nitrogens with one attached hydrogen (secondary N) is 1. The molecule has 0 bridgehead atoms. The summed E-state index contributed by atoms with van der Waals surface area (Å²) in [5, 5.41) is 3.11. The molecule has 0 unspecified atom stereocenters. The SMILES string of the molecule is CC[C@@H](C)NC(=O)[C@@H](Cc1ccccc1)N(Cc1ccc(Br)cc1)C(=O)CSc1ccc(C)cc1. The normalized spacial score (nSPS) is 12.6. The number of carbonyl (C=O) groups is 2. The van der Waals surface area contributed by atoms with Crippen LogP contribution in [0.4, 0.5) is 0 Å². The van der Waals surface area contributed by atoms with E-state index < -0.39 is 6.04 Å². The lowest BCUT2D eigenvalue weighted by molar-refractivity contribution is -0.139. The molecule has 1 N–H and O–H groups in total. The minimum atomic E-state index is -0.610. The summed E-state index contributed by atoms with van der Waals surface area (Å²) in [5.41, 5.74) is 3.19. The summed E-state index contributed by atoms with van der Waals surface area (Å²) in [5.74, 6) is 0.0920. The van der Waals surface area contributed by atoms with Crippen LogP contribution < -0.4 is 5.32 Å². The molecule has 0 aromatic heterocycles. The molecule has 0 radical (unpaired) electrons. The zero-order chi connectivity index (χ0) is 25.2. The standard InChI is InChI=1S/C29H33BrN2O2S/c1-4-22(3)31-29(34)27(18-23-8-6-5-7-9-23)32(19-24-12-14-25(30)15-13-24)28(33)20-35-26-16-10-21(2)11-17-26/h5-17,22,27H,4,18-20H2,1-3H3,(H,31,34)/t22-,27-/m1/s1. The third-order valence-electron chi connectivity index (χ3n) is 5.92. The Morgan fingerprint density at radius 2 is 1.60 bits per heavy atom. The van der Waals surface area contributed by atoms with Gasteiger partial charge >= 0.3 is 0 Å². The van der Waals surface area contributed by atoms with E-state index in [-0.39, 0.29) is 23.6 Å². The second kappa shape index (κ2) is 13.5. The van der Waals surface area contributed by atoms with Crippen LogP contribution in [0.1, 0.15) is 37.0 Å². The maximum Gasteiger partial charge on any atom is 0.243 e. The Balaban J connectivity index is 1.89. The molecule has 3 aromatic rings. The molecule has 0 aliphatic heterocycles. The average Bonchev–Trinajstić information content (AvgIpc) is 2.87. The Bertz CT molecular complexity index is 1090. The fourth-order valence-corrected chi connectivity index (χ4v) is 4.69. The van der Waals surface area contributed by atoms with Gasteiger partial charge in [-0.15, -0.1) is 11.8 Å². The Hall–Kier alpha value is -2.57. The summed E-state index contributed by atoms with van der Waals surface area (Å²) in [4.78, 5) is 29.9. The molecular formula is C29H33BrN2O2S. The first-order chi connectivity index (χ1) is 16.9. The molecule has 6 heteroatoms. The van der Waals surface area contributed by atoms with Crippen LogP contribution in [0.5, 0.6) is 0 Å². The van der Waals surface area contributed by atoms with Crippen molar-refractivity contribution < 1.29 is 9.59 Å². The van der Waals surface area contributed by atoms with Crippen molar-refractivity contribution in [3.05, 3.63) is 100 Å². The Labute approximate surface area is 221 Å². The lowest BCUT2D eigenvalue weighted by atomic mass is 10.0. The van der Waals surface area contributed by atoms with Gasteiger partial charge in [0.2, 0.25) is 11.8 Å². The van der Waals surface area contributed by atoms with E-state index >= 15 is 0 Å². The molecule has 0 heterocycles. The van der Waals surface area contributed by atoms with E-state index in [0.717, 1.165) is 26.9 Å². The second-order valence-electron chi connectivity index (χ2n) is 8.77. The van der Waals surface area contributed by atoms with Crippen LogP contribution in [0.25, 0.3) is 0 Å². The van der Waals surface area contributed by atoms with Gasteiger partial charge in [0.15, 0.2) is 0 Å². The summed E-state index contributed by atoms with van der Waals surface area (Å²) in [6, 6.07) is 25.4. The quantitative estimate of drug-likeness (QED) is 0.280. The number of halogens is 1. The van der Waals surface area contributed by atoms with E-state index in [4.69, 9.17) is 0 Å². The summed E-state index contributed by atoms with van der Waals surface area (Å²) in [7, 11) is 0. The van der Waals surface area contributed by atoms with Crippen LogP contribution in [0.15, 0.2) is 88.2 Å². The monoisotopic (exact) mass is 552 g/mol. The van der Waals surface area contributed by atoms with Crippen LogP contribution in [0.3, 0.4) is 0 Å². The van der Waals surface area contributed by atoms with Crippen LogP contribution in [0, 0.1) is 6.92 Å². The predicted octanol–water partition coefficient (Wildman–Crippen LogP) is 6.40. The van der Waals surface area contributed by atoms with E-state index in [0.29, 0.717) is 13.0 Å². The Kier molecular flexibility index (Phi) is 10.4. The van der Waals surface area contributed by atoms with Gasteiger partial charge in [0.1, 0.15) is 6.04 Å². The zero-order valence-corrected chi connectivity index (χ0v) is 22.9. The number of aryl methyl sites for hydroxylation is 1. The van der Waals surface area contributed by atoms with E-state index in [1.54, 1.807) is 4.90 Å². The van der Waals surface area contributed by atoms with E-state index in [1.165, 1.54) is 17.3 Å². The van der Waals surface area contributed by atoms with Crippen LogP contribution in [0.2, 0.25) is 0 Å². The largest absolute Gasteiger partial charge is 0.352 e. The molecule has 2 amide bonds. The van der Waals surface area contributed by atoms with Gasteiger partial charge in [0.05, 0.1) is 5.75 Å². The van der Waals surface area contributed by atoms with Crippen molar-refractivity contribution in [3.8, 4) is 0 Å². The van der Waals surface area contributed by atoms with Gasteiger partial charge in [-0.1, -0.05) is 83.0 Å². The molecule has 35 heavy (non-hydrogen) atoms. The minimum absolute atomic E-state index is 0.0346. The van der Waals surface area contributed by atoms with Crippen molar-refractivity contribution in [1.29, 1.82) is 0 Å². The van der Waals surface area contributed by atoms with Gasteiger partial charge in [0, 0.05) is 28.4 Å². The number of hydrogen-bond donors (Lipinski definition) is 1. The summed E-state index contributed by atoms with van der Waals surface area (Å²) >= 11 is 4.98. The van der Waals surface area contributed by atoms with Gasteiger partial charge in [-0.3, -0.25) is 9.59 Å². The molecule has 3 rings (SSSR count). The van der Waals surface area contributed by atoms with Crippen LogP contribution in [-0.2, 0) is 22.6 Å². The third-order valence-corrected chi connectivity index (χ3v) is 7.45. The molecule has 4 nitrogen and oxygen atoms in total. The highest BCUT2D eigenvalue weighted by Crippen LogP contribution is 2.22. The Morgan fingerprint density at radius 1 is 0.943 bits per heavy atom. The second-order valence-corrected chi connectivity index (χ2v) is 10.7. The lowest BCUT2D eigenvalue weighted by Gasteiger charge is -2.32. The number of hydrogen-bond acceptors (Lipinski definition) is 3. The van der Waals surface area contributed by atoms with Gasteiger partial charge < -0.3 is 10.2 Å². The first-order valence-corrected chi connectivity index (χ1v) is 13.7. The molecule has 3 aromatic carbocycles. The average molecular weight is 554 g/mol. The fraction of sp³-hybridized carbons (Fsp3) is 0.310. The molecule has 0 aliphatic rings. The first kappa shape index (κ1) is 27.0. The molecule has 2 atom stereocenters. The van der Waals surface area contributed by atoms with E-state index in [9.17, 15) is 9.59 Å². The summed E-state index contributed by atoms with van der Waals surface area (Å²) in [6.07, 6.45) is 1.29. The molecule has 184 valence electrons. The number of carbonyl (C=O) groups excluding carboxylic acids is 2. The predicted molar refractivity (Wildman–Crippen MR) is 148 cm³/mol. The van der Waals surface area contributed by atoms with Crippen molar-refractivity contribution in [1.82, 2.24) is 10.2 Å². The van der Waals surface area contributed by atoms with E-state index in [1.807, 2.05) is 99.6 Å². The van der Waals surface area contributed by atoms with Crippen molar-refractivity contribution in [3.63, 3.8) is 0 Å². The lowest BCUT2D eigenvalue weighted by Crippen LogP contribution is -2.52. The van der Waals surface area contributed by atoms with E-state index in [2.05, 4.69) is 21.2 Å². The van der Waals surface area contributed by atoms with Crippen molar-refractivity contribution in [2.75, 3.05) is 5.75 Å². The number of benzene rings is 3. The highest BCUT2D eigenvalue weighted by molar-refractivity contribution is 9.10. The van der Waals surface area contributed by atoms with Crippen LogP contribution in [-0.4, -0.2) is 34.6 Å². The van der Waals surface area contributed by atoms with Crippen molar-refractivity contribution in [2.45, 2.75) is 57.1 Å². The molecule has 0 aliphatic carbocycles. The summed E-state index contributed by atoms with van der Waals surface area (Å²) < 4.78 is 0.976. The van der Waals surface area contributed by atoms with Gasteiger partial charge in [0.25, 0.3) is 0 Å². The number of rotatable bonds is 11. The highest BCUT2D eigenvalue weighted by Gasteiger charge is 2.31. The molecule has 0 saturated carbocycles. The molecule has 0 fully saturated rings. The van der Waals surface area contributed by atoms with Gasteiger partial charge in [-0.25, -0.2) is 0 Å². The van der Waals surface area contributed by atoms with Gasteiger partial charge in [-0.2, -0.15) is 0 Å².